The first-order valence-electron chi connectivity index (χ1n) is 4.39. The van der Waals surface area contributed by atoms with E-state index in [2.05, 4.69) is 0 Å². The van der Waals surface area contributed by atoms with Crippen LogP contribution in [0.3, 0.4) is 0 Å². The summed E-state index contributed by atoms with van der Waals surface area (Å²) in [5.41, 5.74) is -0.0107. The fourth-order valence-corrected chi connectivity index (χ4v) is 1.10. The maximum atomic E-state index is 13.2. The molecule has 0 aliphatic rings. The standard InChI is InChI=1S/C10H11FO4/c1-2-15-8-4-3-6(5-7(8)11)9(12)10(13)14/h3-5,9,12H,2H2,1H3,(H,13,14). The van der Waals surface area contributed by atoms with Crippen LogP contribution in [0.4, 0.5) is 4.39 Å². The molecule has 1 rings (SSSR count). The van der Waals surface area contributed by atoms with Gasteiger partial charge in [-0.2, -0.15) is 0 Å². The van der Waals surface area contributed by atoms with E-state index in [1.807, 2.05) is 0 Å². The minimum absolute atomic E-state index is 0.0107. The molecule has 1 unspecified atom stereocenters. The zero-order valence-corrected chi connectivity index (χ0v) is 8.11. The summed E-state index contributed by atoms with van der Waals surface area (Å²) in [6.45, 7) is 2.02. The third kappa shape index (κ3) is 2.66. The molecule has 2 N–H and O–H groups in total. The molecule has 0 heterocycles. The van der Waals surface area contributed by atoms with Gasteiger partial charge in [0.2, 0.25) is 0 Å². The lowest BCUT2D eigenvalue weighted by Gasteiger charge is -2.08. The molecule has 0 radical (unpaired) electrons. The first-order valence-corrected chi connectivity index (χ1v) is 4.39. The van der Waals surface area contributed by atoms with Crippen molar-refractivity contribution in [3.63, 3.8) is 0 Å². The highest BCUT2D eigenvalue weighted by Crippen LogP contribution is 2.22. The lowest BCUT2D eigenvalue weighted by molar-refractivity contribution is -0.146. The van der Waals surface area contributed by atoms with E-state index in [1.54, 1.807) is 6.92 Å². The summed E-state index contributed by atoms with van der Waals surface area (Å²) in [6, 6.07) is 3.55. The number of ether oxygens (including phenoxy) is 1. The van der Waals surface area contributed by atoms with Crippen molar-refractivity contribution in [2.45, 2.75) is 13.0 Å². The van der Waals surface area contributed by atoms with Crippen molar-refractivity contribution < 1.29 is 24.1 Å². The molecule has 1 aromatic carbocycles. The Hall–Kier alpha value is -1.62. The molecule has 1 aromatic rings. The molecule has 0 fully saturated rings. The van der Waals surface area contributed by atoms with Crippen LogP contribution in [0.5, 0.6) is 5.75 Å². The van der Waals surface area contributed by atoms with Crippen LogP contribution in [-0.4, -0.2) is 22.8 Å². The normalized spacial score (nSPS) is 12.2. The number of aliphatic carboxylic acids is 1. The molecule has 82 valence electrons. The van der Waals surface area contributed by atoms with Crippen molar-refractivity contribution in [3.8, 4) is 5.75 Å². The summed E-state index contributed by atoms with van der Waals surface area (Å²) in [6.07, 6.45) is -1.71. The maximum Gasteiger partial charge on any atom is 0.337 e. The summed E-state index contributed by atoms with van der Waals surface area (Å²) >= 11 is 0. The molecule has 1 atom stereocenters. The smallest absolute Gasteiger partial charge is 0.337 e. The molecule has 0 aliphatic carbocycles. The Labute approximate surface area is 85.9 Å². The fraction of sp³-hybridized carbons (Fsp3) is 0.300. The van der Waals surface area contributed by atoms with Gasteiger partial charge in [-0.25, -0.2) is 9.18 Å². The van der Waals surface area contributed by atoms with Crippen LogP contribution in [-0.2, 0) is 4.79 Å². The van der Waals surface area contributed by atoms with Gasteiger partial charge < -0.3 is 14.9 Å². The Morgan fingerprint density at radius 2 is 2.27 bits per heavy atom. The van der Waals surface area contributed by atoms with Gasteiger partial charge in [0.05, 0.1) is 6.61 Å². The Balaban J connectivity index is 2.95. The molecular formula is C10H11FO4. The Morgan fingerprint density at radius 3 is 2.73 bits per heavy atom. The highest BCUT2D eigenvalue weighted by molar-refractivity contribution is 5.74. The maximum absolute atomic E-state index is 13.2. The van der Waals surface area contributed by atoms with Gasteiger partial charge in [-0.15, -0.1) is 0 Å². The molecular weight excluding hydrogens is 203 g/mol. The quantitative estimate of drug-likeness (QED) is 0.793. The van der Waals surface area contributed by atoms with E-state index in [0.717, 1.165) is 6.07 Å². The lowest BCUT2D eigenvalue weighted by Crippen LogP contribution is -2.10. The van der Waals surface area contributed by atoms with Gasteiger partial charge in [0.15, 0.2) is 17.7 Å². The number of aliphatic hydroxyl groups excluding tert-OH is 1. The third-order valence-electron chi connectivity index (χ3n) is 1.81. The monoisotopic (exact) mass is 214 g/mol. The Kier molecular flexibility index (Phi) is 3.62. The molecule has 0 saturated heterocycles. The number of aliphatic hydroxyl groups is 1. The molecule has 4 nitrogen and oxygen atoms in total. The predicted molar refractivity (Wildman–Crippen MR) is 50.2 cm³/mol. The van der Waals surface area contributed by atoms with E-state index in [-0.39, 0.29) is 11.3 Å². The number of carbonyl (C=O) groups is 1. The molecule has 0 aliphatic heterocycles. The Bertz CT molecular complexity index is 364. The van der Waals surface area contributed by atoms with Crippen molar-refractivity contribution in [1.29, 1.82) is 0 Å². The summed E-state index contributed by atoms with van der Waals surface area (Å²) in [7, 11) is 0. The number of rotatable bonds is 4. The van der Waals surface area contributed by atoms with Crippen LogP contribution in [0.25, 0.3) is 0 Å². The van der Waals surface area contributed by atoms with E-state index < -0.39 is 17.9 Å². The van der Waals surface area contributed by atoms with Crippen LogP contribution in [0.15, 0.2) is 18.2 Å². The van der Waals surface area contributed by atoms with Crippen molar-refractivity contribution in [1.82, 2.24) is 0 Å². The van der Waals surface area contributed by atoms with Gasteiger partial charge >= 0.3 is 5.97 Å². The van der Waals surface area contributed by atoms with Crippen molar-refractivity contribution in [2.75, 3.05) is 6.61 Å². The summed E-state index contributed by atoms with van der Waals surface area (Å²) in [5.74, 6) is -2.06. The van der Waals surface area contributed by atoms with Crippen LogP contribution in [0.1, 0.15) is 18.6 Å². The average Bonchev–Trinajstić information content (AvgIpc) is 2.20. The number of carboxylic acids is 1. The van der Waals surface area contributed by atoms with Gasteiger partial charge in [-0.3, -0.25) is 0 Å². The summed E-state index contributed by atoms with van der Waals surface area (Å²) in [5, 5.41) is 17.6. The fourth-order valence-electron chi connectivity index (χ4n) is 1.10. The SMILES string of the molecule is CCOc1ccc(C(O)C(=O)O)cc1F. The molecule has 5 heteroatoms. The highest BCUT2D eigenvalue weighted by Gasteiger charge is 2.17. The minimum atomic E-state index is -1.71. The van der Waals surface area contributed by atoms with Gasteiger partial charge in [0, 0.05) is 0 Å². The number of hydrogen-bond donors (Lipinski definition) is 2. The second-order valence-corrected chi connectivity index (χ2v) is 2.86. The number of carboxylic acid groups (broad SMARTS) is 1. The molecule has 0 spiro atoms. The second-order valence-electron chi connectivity index (χ2n) is 2.86. The topological polar surface area (TPSA) is 66.8 Å². The highest BCUT2D eigenvalue weighted by atomic mass is 19.1. The Morgan fingerprint density at radius 1 is 1.60 bits per heavy atom. The van der Waals surface area contributed by atoms with Crippen molar-refractivity contribution in [3.05, 3.63) is 29.6 Å². The first kappa shape index (κ1) is 11.5. The predicted octanol–water partition coefficient (Wildman–Crippen LogP) is 1.34. The zero-order valence-electron chi connectivity index (χ0n) is 8.11. The van der Waals surface area contributed by atoms with Gasteiger partial charge in [-0.1, -0.05) is 6.07 Å². The molecule has 15 heavy (non-hydrogen) atoms. The van der Waals surface area contributed by atoms with Gasteiger partial charge in [0.1, 0.15) is 0 Å². The van der Waals surface area contributed by atoms with Crippen molar-refractivity contribution >= 4 is 5.97 Å². The molecule has 0 aromatic heterocycles. The van der Waals surface area contributed by atoms with Gasteiger partial charge in [0.25, 0.3) is 0 Å². The molecule has 0 bridgehead atoms. The van der Waals surface area contributed by atoms with Crippen molar-refractivity contribution in [2.24, 2.45) is 0 Å². The largest absolute Gasteiger partial charge is 0.491 e. The number of halogens is 1. The number of benzene rings is 1. The van der Waals surface area contributed by atoms with Crippen LogP contribution < -0.4 is 4.74 Å². The number of hydrogen-bond acceptors (Lipinski definition) is 3. The van der Waals surface area contributed by atoms with E-state index in [0.29, 0.717) is 6.61 Å². The average molecular weight is 214 g/mol. The lowest BCUT2D eigenvalue weighted by atomic mass is 10.1. The van der Waals surface area contributed by atoms with E-state index in [1.165, 1.54) is 12.1 Å². The van der Waals surface area contributed by atoms with Crippen LogP contribution >= 0.6 is 0 Å². The third-order valence-corrected chi connectivity index (χ3v) is 1.81. The van der Waals surface area contributed by atoms with Gasteiger partial charge in [-0.05, 0) is 24.6 Å². The van der Waals surface area contributed by atoms with E-state index in [9.17, 15) is 9.18 Å². The molecule has 0 amide bonds. The minimum Gasteiger partial charge on any atom is -0.491 e. The van der Waals surface area contributed by atoms with Crippen LogP contribution in [0, 0.1) is 5.82 Å². The summed E-state index contributed by atoms with van der Waals surface area (Å²) < 4.78 is 18.2. The zero-order chi connectivity index (χ0) is 11.4. The second kappa shape index (κ2) is 4.75. The summed E-state index contributed by atoms with van der Waals surface area (Å²) in [4.78, 5) is 10.4. The van der Waals surface area contributed by atoms with E-state index >= 15 is 0 Å². The molecule has 0 saturated carbocycles. The van der Waals surface area contributed by atoms with Crippen LogP contribution in [0.2, 0.25) is 0 Å². The first-order chi connectivity index (χ1) is 7.06. The van der Waals surface area contributed by atoms with E-state index in [4.69, 9.17) is 14.9 Å².